The minimum atomic E-state index is 0.0241. The largest absolute Gasteiger partial charge is 0.334 e. The highest BCUT2D eigenvalue weighted by Crippen LogP contribution is 2.63. The quantitative estimate of drug-likeness (QED) is 0.167. The zero-order valence-corrected chi connectivity index (χ0v) is 33.4. The Morgan fingerprint density at radius 1 is 0.375 bits per heavy atom. The molecule has 4 aliphatic rings. The summed E-state index contributed by atoms with van der Waals surface area (Å²) in [6, 6.07) is 55.6. The SMILES string of the molecule is CC12CCCCC1(C)N(c1ccccc1)c1ccc(-c3c4ccccc4c(-c4ccc5c(c4)[C@@]4(C)CCCCC4(C)N5c4ccccc4)c4ccccc34)cc12. The number of nitrogens with zero attached hydrogens (tertiary/aromatic N) is 2. The standard InChI is InChI=1S/C54H52N2/c1-51-31-15-17-33-53(51,3)55(39-19-7-5-8-20-39)47-29-27-37(35-45(47)51)49-41-23-11-13-25-43(41)50(44-26-14-12-24-42(44)49)38-28-30-48-46(36-38)52(2)32-16-18-34-54(52,4)56(48)40-21-9-6-10-22-40/h5-14,19-30,35-36H,15-18,31-34H2,1-4H3/t51-,52?,53?,54?/m1/s1. The Bertz CT molecular complexity index is 2440. The van der Waals surface area contributed by atoms with Gasteiger partial charge < -0.3 is 9.80 Å². The molecule has 0 aromatic heterocycles. The fourth-order valence-corrected chi connectivity index (χ4v) is 12.5. The monoisotopic (exact) mass is 728 g/mol. The summed E-state index contributed by atoms with van der Waals surface area (Å²) in [5.41, 5.74) is 13.9. The molecule has 2 heteroatoms. The Balaban J connectivity index is 1.12. The molecule has 56 heavy (non-hydrogen) atoms. The maximum Gasteiger partial charge on any atom is 0.0517 e. The van der Waals surface area contributed by atoms with Crippen LogP contribution in [0.3, 0.4) is 0 Å². The van der Waals surface area contributed by atoms with E-state index in [1.165, 1.54) is 129 Å². The number of para-hydroxylation sites is 2. The van der Waals surface area contributed by atoms with E-state index in [2.05, 4.69) is 183 Å². The topological polar surface area (TPSA) is 6.48 Å². The van der Waals surface area contributed by atoms with Gasteiger partial charge in [-0.1, -0.05) is 137 Å². The molecule has 0 spiro atoms. The number of rotatable bonds is 4. The van der Waals surface area contributed by atoms with Gasteiger partial charge in [0.15, 0.2) is 0 Å². The van der Waals surface area contributed by atoms with Gasteiger partial charge in [0.2, 0.25) is 0 Å². The van der Waals surface area contributed by atoms with E-state index in [-0.39, 0.29) is 21.9 Å². The third-order valence-corrected chi connectivity index (χ3v) is 15.7. The van der Waals surface area contributed by atoms with Crippen LogP contribution in [0, 0.1) is 0 Å². The second-order valence-corrected chi connectivity index (χ2v) is 18.3. The predicted molar refractivity (Wildman–Crippen MR) is 238 cm³/mol. The fourth-order valence-electron chi connectivity index (χ4n) is 12.5. The average molecular weight is 729 g/mol. The molecule has 4 atom stereocenters. The van der Waals surface area contributed by atoms with Crippen LogP contribution in [-0.4, -0.2) is 11.1 Å². The zero-order chi connectivity index (χ0) is 37.9. The molecule has 7 aromatic rings. The van der Waals surface area contributed by atoms with Crippen LogP contribution < -0.4 is 9.80 Å². The second kappa shape index (κ2) is 12.1. The van der Waals surface area contributed by atoms with E-state index in [9.17, 15) is 0 Å². The van der Waals surface area contributed by atoms with E-state index in [4.69, 9.17) is 0 Å². The van der Waals surface area contributed by atoms with Crippen molar-refractivity contribution >= 4 is 44.3 Å². The van der Waals surface area contributed by atoms with E-state index >= 15 is 0 Å². The molecular weight excluding hydrogens is 677 g/mol. The number of benzene rings is 7. The Kier molecular flexibility index (Phi) is 7.32. The first kappa shape index (κ1) is 34.0. The maximum atomic E-state index is 2.69. The summed E-state index contributed by atoms with van der Waals surface area (Å²) in [4.78, 5) is 5.38. The first-order valence-corrected chi connectivity index (χ1v) is 21.2. The van der Waals surface area contributed by atoms with Crippen LogP contribution in [-0.2, 0) is 10.8 Å². The molecule has 2 fully saturated rings. The fraction of sp³-hybridized carbons (Fsp3) is 0.296. The average Bonchev–Trinajstić information content (AvgIpc) is 3.57. The smallest absolute Gasteiger partial charge is 0.0517 e. The Labute approximate surface area is 332 Å². The Morgan fingerprint density at radius 3 is 1.09 bits per heavy atom. The maximum absolute atomic E-state index is 2.69. The van der Waals surface area contributed by atoms with Gasteiger partial charge in [-0.25, -0.2) is 0 Å². The molecule has 3 unspecified atom stereocenters. The Morgan fingerprint density at radius 2 is 0.714 bits per heavy atom. The first-order chi connectivity index (χ1) is 27.3. The van der Waals surface area contributed by atoms with Gasteiger partial charge in [0, 0.05) is 33.6 Å². The molecule has 2 nitrogen and oxygen atoms in total. The summed E-state index contributed by atoms with van der Waals surface area (Å²) in [5.74, 6) is 0. The van der Waals surface area contributed by atoms with Gasteiger partial charge in [0.25, 0.3) is 0 Å². The van der Waals surface area contributed by atoms with E-state index in [0.717, 1.165) is 0 Å². The lowest BCUT2D eigenvalue weighted by molar-refractivity contribution is 0.195. The second-order valence-electron chi connectivity index (χ2n) is 18.3. The highest BCUT2D eigenvalue weighted by atomic mass is 15.3. The summed E-state index contributed by atoms with van der Waals surface area (Å²) < 4.78 is 0. The molecule has 2 aliphatic heterocycles. The van der Waals surface area contributed by atoms with Crippen molar-refractivity contribution in [1.82, 2.24) is 0 Å². The summed E-state index contributed by atoms with van der Waals surface area (Å²) in [6.07, 6.45) is 9.93. The van der Waals surface area contributed by atoms with Crippen LogP contribution in [0.25, 0.3) is 43.8 Å². The van der Waals surface area contributed by atoms with E-state index in [0.29, 0.717) is 0 Å². The molecule has 2 aliphatic carbocycles. The predicted octanol–water partition coefficient (Wildman–Crippen LogP) is 14.8. The molecule has 0 saturated heterocycles. The van der Waals surface area contributed by atoms with E-state index in [1.807, 2.05) is 0 Å². The van der Waals surface area contributed by atoms with Crippen molar-refractivity contribution in [1.29, 1.82) is 0 Å². The van der Waals surface area contributed by atoms with Crippen molar-refractivity contribution in [2.75, 3.05) is 9.80 Å². The van der Waals surface area contributed by atoms with Crippen LogP contribution in [0.2, 0.25) is 0 Å². The summed E-state index contributed by atoms with van der Waals surface area (Å²) >= 11 is 0. The third kappa shape index (κ3) is 4.39. The number of hydrogen-bond acceptors (Lipinski definition) is 2. The van der Waals surface area contributed by atoms with Crippen molar-refractivity contribution in [3.05, 3.63) is 157 Å². The van der Waals surface area contributed by atoms with Crippen molar-refractivity contribution in [2.24, 2.45) is 0 Å². The molecule has 2 heterocycles. The Hall–Kier alpha value is -5.34. The van der Waals surface area contributed by atoms with Crippen LogP contribution in [0.1, 0.15) is 90.2 Å². The van der Waals surface area contributed by atoms with Crippen molar-refractivity contribution < 1.29 is 0 Å². The van der Waals surface area contributed by atoms with Crippen LogP contribution in [0.4, 0.5) is 22.7 Å². The van der Waals surface area contributed by atoms with Crippen molar-refractivity contribution in [3.8, 4) is 22.3 Å². The highest BCUT2D eigenvalue weighted by Gasteiger charge is 2.59. The third-order valence-electron chi connectivity index (χ3n) is 15.7. The minimum absolute atomic E-state index is 0.0241. The summed E-state index contributed by atoms with van der Waals surface area (Å²) in [6.45, 7) is 10.2. The summed E-state index contributed by atoms with van der Waals surface area (Å²) in [7, 11) is 0. The molecule has 2 saturated carbocycles. The number of hydrogen-bond donors (Lipinski definition) is 0. The number of anilines is 4. The van der Waals surface area contributed by atoms with Crippen molar-refractivity contribution in [3.63, 3.8) is 0 Å². The molecule has 7 aromatic carbocycles. The van der Waals surface area contributed by atoms with Crippen LogP contribution >= 0.6 is 0 Å². The van der Waals surface area contributed by atoms with Gasteiger partial charge in [-0.2, -0.15) is 0 Å². The molecular formula is C54H52N2. The summed E-state index contributed by atoms with van der Waals surface area (Å²) in [5, 5.41) is 5.32. The molecule has 0 amide bonds. The lowest BCUT2D eigenvalue weighted by atomic mass is 9.61. The molecule has 11 rings (SSSR count). The van der Waals surface area contributed by atoms with E-state index in [1.54, 1.807) is 0 Å². The molecule has 0 N–H and O–H groups in total. The van der Waals surface area contributed by atoms with Gasteiger partial charge in [-0.05, 0) is 143 Å². The van der Waals surface area contributed by atoms with Gasteiger partial charge in [-0.3, -0.25) is 0 Å². The van der Waals surface area contributed by atoms with Gasteiger partial charge >= 0.3 is 0 Å². The minimum Gasteiger partial charge on any atom is -0.334 e. The lowest BCUT2D eigenvalue weighted by Gasteiger charge is -2.50. The van der Waals surface area contributed by atoms with Gasteiger partial charge in [-0.15, -0.1) is 0 Å². The normalized spacial score (nSPS) is 26.6. The first-order valence-electron chi connectivity index (χ1n) is 21.2. The van der Waals surface area contributed by atoms with Crippen LogP contribution in [0.15, 0.2) is 146 Å². The highest BCUT2D eigenvalue weighted by molar-refractivity contribution is 6.21. The van der Waals surface area contributed by atoms with Crippen LogP contribution in [0.5, 0.6) is 0 Å². The van der Waals surface area contributed by atoms with Gasteiger partial charge in [0.1, 0.15) is 0 Å². The molecule has 0 radical (unpaired) electrons. The molecule has 278 valence electrons. The van der Waals surface area contributed by atoms with Gasteiger partial charge in [0.05, 0.1) is 11.1 Å². The number of fused-ring (bicyclic) bond motifs is 8. The molecule has 0 bridgehead atoms. The zero-order valence-electron chi connectivity index (χ0n) is 33.4. The lowest BCUT2D eigenvalue weighted by Crippen LogP contribution is -2.54. The van der Waals surface area contributed by atoms with E-state index < -0.39 is 0 Å². The van der Waals surface area contributed by atoms with Crippen molar-refractivity contribution in [2.45, 2.75) is 101 Å².